The van der Waals surface area contributed by atoms with Gasteiger partial charge in [-0.3, -0.25) is 14.2 Å². The quantitative estimate of drug-likeness (QED) is 0.334. The molecule has 1 aliphatic rings. The third-order valence-electron chi connectivity index (χ3n) is 5.83. The molecule has 12 nitrogen and oxygen atoms in total. The van der Waals surface area contributed by atoms with E-state index in [2.05, 4.69) is 32.1 Å². The van der Waals surface area contributed by atoms with Gasteiger partial charge in [0.05, 0.1) is 12.9 Å². The third-order valence-corrected chi connectivity index (χ3v) is 5.83. The lowest BCUT2D eigenvalue weighted by atomic mass is 10.1. The second-order valence-corrected chi connectivity index (χ2v) is 9.05. The van der Waals surface area contributed by atoms with Crippen LogP contribution in [0.1, 0.15) is 36.3 Å². The number of amides is 2. The zero-order valence-electron chi connectivity index (χ0n) is 20.7. The van der Waals surface area contributed by atoms with Gasteiger partial charge in [-0.05, 0) is 24.0 Å². The SMILES string of the molecule is CNC(=O)[C@H]1O[C@@H](n2cnc3c(N)nc(C#CCN(CC(C)C)C(=O)c4ccccc4)nc32)[C@H](O)[C@@H]1O. The van der Waals surface area contributed by atoms with Crippen molar-refractivity contribution in [3.05, 3.63) is 48.0 Å². The smallest absolute Gasteiger partial charge is 0.254 e. The average molecular weight is 508 g/mol. The van der Waals surface area contributed by atoms with Crippen LogP contribution in [0.5, 0.6) is 0 Å². The highest BCUT2D eigenvalue weighted by molar-refractivity contribution is 5.94. The summed E-state index contributed by atoms with van der Waals surface area (Å²) in [6, 6.07) is 8.98. The summed E-state index contributed by atoms with van der Waals surface area (Å²) >= 11 is 0. The van der Waals surface area contributed by atoms with Gasteiger partial charge in [-0.15, -0.1) is 0 Å². The summed E-state index contributed by atoms with van der Waals surface area (Å²) in [7, 11) is 1.40. The Morgan fingerprint density at radius 1 is 1.22 bits per heavy atom. The standard InChI is InChI=1S/C25H29N7O5/c1-14(2)12-31(24(36)15-8-5-4-6-9-15)11-7-10-16-29-21(26)17-22(30-16)32(13-28-17)25-19(34)18(33)20(37-25)23(35)27-3/h4-6,8-9,13-14,18-20,25,33-34H,11-12H2,1-3H3,(H,27,35)(H2,26,29,30)/t18-,19+,20-,25+/m0/s1. The van der Waals surface area contributed by atoms with Crippen LogP contribution in [0.25, 0.3) is 11.2 Å². The zero-order valence-corrected chi connectivity index (χ0v) is 20.7. The number of nitrogens with two attached hydrogens (primary N) is 1. The number of aliphatic hydroxyl groups is 2. The molecule has 0 bridgehead atoms. The van der Waals surface area contributed by atoms with Gasteiger partial charge in [0.2, 0.25) is 5.82 Å². The van der Waals surface area contributed by atoms with Crippen molar-refractivity contribution in [1.82, 2.24) is 29.7 Å². The number of aromatic nitrogens is 4. The molecule has 1 aliphatic heterocycles. The minimum absolute atomic E-state index is 0.0586. The summed E-state index contributed by atoms with van der Waals surface area (Å²) in [6.07, 6.45) is -3.94. The van der Waals surface area contributed by atoms with Crippen LogP contribution in [-0.4, -0.2) is 84.9 Å². The highest BCUT2D eigenvalue weighted by Gasteiger charge is 2.47. The first-order chi connectivity index (χ1) is 17.7. The summed E-state index contributed by atoms with van der Waals surface area (Å²) < 4.78 is 6.99. The number of hydrogen-bond acceptors (Lipinski definition) is 9. The second-order valence-electron chi connectivity index (χ2n) is 9.05. The van der Waals surface area contributed by atoms with Crippen molar-refractivity contribution in [2.24, 2.45) is 5.92 Å². The molecule has 3 heterocycles. The normalized spacial score (nSPS) is 21.0. The van der Waals surface area contributed by atoms with Gasteiger partial charge in [0.15, 0.2) is 23.8 Å². The molecule has 0 radical (unpaired) electrons. The summed E-state index contributed by atoms with van der Waals surface area (Å²) in [6.45, 7) is 4.70. The Morgan fingerprint density at radius 3 is 2.62 bits per heavy atom. The molecule has 4 atom stereocenters. The fourth-order valence-electron chi connectivity index (χ4n) is 4.07. The fraction of sp³-hybridized carbons (Fsp3) is 0.400. The Morgan fingerprint density at radius 2 is 1.95 bits per heavy atom. The van der Waals surface area contributed by atoms with Crippen molar-refractivity contribution in [3.8, 4) is 11.8 Å². The number of aliphatic hydroxyl groups excluding tert-OH is 2. The summed E-state index contributed by atoms with van der Waals surface area (Å²) in [5, 5.41) is 23.2. The molecule has 3 aromatic rings. The Balaban J connectivity index is 1.60. The first-order valence-corrected chi connectivity index (χ1v) is 11.8. The molecule has 0 saturated carbocycles. The van der Waals surface area contributed by atoms with Crippen LogP contribution in [0.2, 0.25) is 0 Å². The molecule has 1 fully saturated rings. The Hall–Kier alpha value is -4.05. The first kappa shape index (κ1) is 26.0. The van der Waals surface area contributed by atoms with Crippen molar-refractivity contribution < 1.29 is 24.5 Å². The lowest BCUT2D eigenvalue weighted by Crippen LogP contribution is -2.41. The number of carbonyl (C=O) groups is 2. The number of benzene rings is 1. The van der Waals surface area contributed by atoms with Crippen molar-refractivity contribution >= 4 is 28.8 Å². The van der Waals surface area contributed by atoms with Gasteiger partial charge in [-0.2, -0.15) is 0 Å². The average Bonchev–Trinajstić information content (AvgIpc) is 3.44. The number of ether oxygens (including phenoxy) is 1. The van der Waals surface area contributed by atoms with E-state index in [-0.39, 0.29) is 41.2 Å². The Labute approximate surface area is 213 Å². The van der Waals surface area contributed by atoms with E-state index in [1.165, 1.54) is 17.9 Å². The van der Waals surface area contributed by atoms with Crippen LogP contribution in [0.3, 0.4) is 0 Å². The van der Waals surface area contributed by atoms with Crippen LogP contribution in [-0.2, 0) is 9.53 Å². The van der Waals surface area contributed by atoms with Crippen LogP contribution in [0.4, 0.5) is 5.82 Å². The monoisotopic (exact) mass is 507 g/mol. The van der Waals surface area contributed by atoms with Gasteiger partial charge in [0.1, 0.15) is 17.7 Å². The van der Waals surface area contributed by atoms with Crippen molar-refractivity contribution in [3.63, 3.8) is 0 Å². The molecule has 0 spiro atoms. The van der Waals surface area contributed by atoms with Gasteiger partial charge < -0.3 is 30.9 Å². The summed E-state index contributed by atoms with van der Waals surface area (Å²) in [5.74, 6) is 5.47. The molecule has 1 aromatic carbocycles. The maximum atomic E-state index is 13.0. The highest BCUT2D eigenvalue weighted by Crippen LogP contribution is 2.32. The summed E-state index contributed by atoms with van der Waals surface area (Å²) in [4.78, 5) is 39.4. The third kappa shape index (κ3) is 5.39. The second kappa shape index (κ2) is 10.9. The van der Waals surface area contributed by atoms with Crippen molar-refractivity contribution in [2.75, 3.05) is 25.9 Å². The van der Waals surface area contributed by atoms with Crippen molar-refractivity contribution in [2.45, 2.75) is 38.4 Å². The molecule has 2 aromatic heterocycles. The van der Waals surface area contributed by atoms with Gasteiger partial charge in [0.25, 0.3) is 11.8 Å². The van der Waals surface area contributed by atoms with E-state index < -0.39 is 30.4 Å². The molecule has 0 aliphatic carbocycles. The topological polar surface area (TPSA) is 169 Å². The number of anilines is 1. The van der Waals surface area contributed by atoms with E-state index in [0.717, 1.165) is 0 Å². The van der Waals surface area contributed by atoms with Crippen molar-refractivity contribution in [1.29, 1.82) is 0 Å². The van der Waals surface area contributed by atoms with E-state index >= 15 is 0 Å². The molecule has 194 valence electrons. The van der Waals surface area contributed by atoms with Gasteiger partial charge in [-0.25, -0.2) is 15.0 Å². The predicted molar refractivity (Wildman–Crippen MR) is 134 cm³/mol. The predicted octanol–water partition coefficient (Wildman–Crippen LogP) is -0.0764. The molecule has 37 heavy (non-hydrogen) atoms. The van der Waals surface area contributed by atoms with Gasteiger partial charge >= 0.3 is 0 Å². The van der Waals surface area contributed by atoms with Crippen LogP contribution >= 0.6 is 0 Å². The van der Waals surface area contributed by atoms with Crippen LogP contribution in [0, 0.1) is 17.8 Å². The molecular formula is C25H29N7O5. The van der Waals surface area contributed by atoms with E-state index in [1.54, 1.807) is 17.0 Å². The number of nitrogens with zero attached hydrogens (tertiary/aromatic N) is 5. The van der Waals surface area contributed by atoms with Gasteiger partial charge in [0, 0.05) is 19.2 Å². The van der Waals surface area contributed by atoms with E-state index in [9.17, 15) is 19.8 Å². The molecule has 0 unspecified atom stereocenters. The first-order valence-electron chi connectivity index (χ1n) is 11.8. The number of carbonyl (C=O) groups excluding carboxylic acids is 2. The van der Waals surface area contributed by atoms with Gasteiger partial charge in [-0.1, -0.05) is 38.0 Å². The molecular weight excluding hydrogens is 478 g/mol. The fourth-order valence-corrected chi connectivity index (χ4v) is 4.07. The maximum absolute atomic E-state index is 13.0. The minimum Gasteiger partial charge on any atom is -0.387 e. The number of hydrogen-bond donors (Lipinski definition) is 4. The number of fused-ring (bicyclic) bond motifs is 1. The Kier molecular flexibility index (Phi) is 7.68. The minimum atomic E-state index is -1.45. The largest absolute Gasteiger partial charge is 0.387 e. The number of likely N-dealkylation sites (N-methyl/N-ethyl adjacent to an activating group) is 1. The number of nitrogen functional groups attached to an aromatic ring is 1. The Bertz CT molecular complexity index is 1350. The van der Waals surface area contributed by atoms with Crippen LogP contribution in [0.15, 0.2) is 36.7 Å². The van der Waals surface area contributed by atoms with Crippen LogP contribution < -0.4 is 11.1 Å². The number of imidazole rings is 1. The lowest BCUT2D eigenvalue weighted by Gasteiger charge is -2.22. The molecule has 4 rings (SSSR count). The number of rotatable bonds is 6. The summed E-state index contributed by atoms with van der Waals surface area (Å²) in [5.41, 5.74) is 7.11. The number of nitrogens with one attached hydrogen (secondary N) is 1. The molecule has 1 saturated heterocycles. The highest BCUT2D eigenvalue weighted by atomic mass is 16.6. The molecule has 5 N–H and O–H groups in total. The molecule has 12 heteroatoms. The van der Waals surface area contributed by atoms with E-state index in [4.69, 9.17) is 10.5 Å². The molecule has 2 amide bonds. The van der Waals surface area contributed by atoms with E-state index in [0.29, 0.717) is 12.1 Å². The van der Waals surface area contributed by atoms with E-state index in [1.807, 2.05) is 32.0 Å². The maximum Gasteiger partial charge on any atom is 0.254 e. The zero-order chi connectivity index (χ0) is 26.7. The lowest BCUT2D eigenvalue weighted by molar-refractivity contribution is -0.137.